The average Bonchev–Trinajstić information content (AvgIpc) is 3.33. The highest BCUT2D eigenvalue weighted by atomic mass is 35.5. The van der Waals surface area contributed by atoms with E-state index >= 15 is 0 Å². The topological polar surface area (TPSA) is 32.3 Å². The molecule has 1 heterocycles. The third kappa shape index (κ3) is 3.47. The fraction of sp³-hybridized carbons (Fsp3) is 0.611. The highest BCUT2D eigenvalue weighted by Gasteiger charge is 2.37. The zero-order valence-electron chi connectivity index (χ0n) is 13.4. The lowest BCUT2D eigenvalue weighted by Crippen LogP contribution is -2.51. The fourth-order valence-corrected chi connectivity index (χ4v) is 3.72. The van der Waals surface area contributed by atoms with Crippen molar-refractivity contribution in [2.45, 2.75) is 45.2 Å². The molecule has 3 atom stereocenters. The number of halogens is 1. The lowest BCUT2D eigenvalue weighted by atomic mass is 9.92. The minimum atomic E-state index is 0.229. The summed E-state index contributed by atoms with van der Waals surface area (Å²) in [6.07, 6.45) is 3.21. The summed E-state index contributed by atoms with van der Waals surface area (Å²) in [5, 5.41) is 4.52. The maximum Gasteiger partial charge on any atom is 0.225 e. The van der Waals surface area contributed by atoms with E-state index in [2.05, 4.69) is 30.1 Å². The summed E-state index contributed by atoms with van der Waals surface area (Å²) in [5.74, 6) is 1.18. The number of benzene rings is 1. The Hall–Kier alpha value is -1.06. The first-order valence-electron chi connectivity index (χ1n) is 8.35. The van der Waals surface area contributed by atoms with Gasteiger partial charge in [0.15, 0.2) is 0 Å². The smallest absolute Gasteiger partial charge is 0.225 e. The highest BCUT2D eigenvalue weighted by Crippen LogP contribution is 2.33. The van der Waals surface area contributed by atoms with E-state index in [9.17, 15) is 4.79 Å². The SMILES string of the molecule is CC(NC1CCN(C(=O)C2CC2)CC1C)c1ccccc1Cl. The molecule has 4 heteroatoms. The van der Waals surface area contributed by atoms with Gasteiger partial charge in [0.05, 0.1) is 0 Å². The Morgan fingerprint density at radius 1 is 1.32 bits per heavy atom. The maximum absolute atomic E-state index is 12.2. The molecule has 1 aromatic carbocycles. The third-order valence-electron chi connectivity index (χ3n) is 4.98. The summed E-state index contributed by atoms with van der Waals surface area (Å²) in [7, 11) is 0. The van der Waals surface area contributed by atoms with E-state index in [-0.39, 0.29) is 6.04 Å². The number of carbonyl (C=O) groups is 1. The molecule has 120 valence electrons. The molecule has 1 saturated carbocycles. The summed E-state index contributed by atoms with van der Waals surface area (Å²) in [6, 6.07) is 8.68. The molecule has 1 saturated heterocycles. The van der Waals surface area contributed by atoms with Gasteiger partial charge in [0.2, 0.25) is 5.91 Å². The van der Waals surface area contributed by atoms with E-state index < -0.39 is 0 Å². The Balaban J connectivity index is 1.57. The van der Waals surface area contributed by atoms with Crippen LogP contribution in [0.2, 0.25) is 5.02 Å². The number of amides is 1. The standard InChI is InChI=1S/C18H25ClN2O/c1-12-11-21(18(22)14-7-8-14)10-9-17(12)20-13(2)15-5-3-4-6-16(15)19/h3-6,12-14,17,20H,7-11H2,1-2H3. The first-order chi connectivity index (χ1) is 10.6. The van der Waals surface area contributed by atoms with Crippen LogP contribution in [0.4, 0.5) is 0 Å². The number of rotatable bonds is 4. The van der Waals surface area contributed by atoms with E-state index in [0.29, 0.717) is 23.8 Å². The van der Waals surface area contributed by atoms with Crippen LogP contribution in [0.5, 0.6) is 0 Å². The zero-order valence-corrected chi connectivity index (χ0v) is 14.1. The van der Waals surface area contributed by atoms with Gasteiger partial charge in [-0.15, -0.1) is 0 Å². The fourth-order valence-electron chi connectivity index (χ4n) is 3.42. The van der Waals surface area contributed by atoms with Gasteiger partial charge in [-0.1, -0.05) is 36.7 Å². The van der Waals surface area contributed by atoms with Crippen LogP contribution in [0, 0.1) is 11.8 Å². The molecule has 22 heavy (non-hydrogen) atoms. The van der Waals surface area contributed by atoms with Gasteiger partial charge in [0.25, 0.3) is 0 Å². The molecule has 3 nitrogen and oxygen atoms in total. The molecule has 3 rings (SSSR count). The summed E-state index contributed by atoms with van der Waals surface area (Å²) in [6.45, 7) is 6.16. The molecule has 3 unspecified atom stereocenters. The zero-order chi connectivity index (χ0) is 15.7. The van der Waals surface area contributed by atoms with Gasteiger partial charge in [-0.3, -0.25) is 4.79 Å². The Morgan fingerprint density at radius 3 is 2.68 bits per heavy atom. The Morgan fingerprint density at radius 2 is 2.05 bits per heavy atom. The largest absolute Gasteiger partial charge is 0.342 e. The monoisotopic (exact) mass is 320 g/mol. The molecule has 1 aromatic rings. The lowest BCUT2D eigenvalue weighted by molar-refractivity contribution is -0.134. The second-order valence-electron chi connectivity index (χ2n) is 6.84. The van der Waals surface area contributed by atoms with Crippen LogP contribution in [-0.2, 0) is 4.79 Å². The quantitative estimate of drug-likeness (QED) is 0.918. The minimum Gasteiger partial charge on any atom is -0.342 e. The number of likely N-dealkylation sites (tertiary alicyclic amines) is 1. The van der Waals surface area contributed by atoms with Crippen molar-refractivity contribution in [2.75, 3.05) is 13.1 Å². The van der Waals surface area contributed by atoms with Crippen LogP contribution in [0.25, 0.3) is 0 Å². The van der Waals surface area contributed by atoms with E-state index in [4.69, 9.17) is 11.6 Å². The van der Waals surface area contributed by atoms with E-state index in [0.717, 1.165) is 42.9 Å². The van der Waals surface area contributed by atoms with Crippen molar-refractivity contribution in [3.8, 4) is 0 Å². The average molecular weight is 321 g/mol. The second kappa shape index (κ2) is 6.59. The third-order valence-corrected chi connectivity index (χ3v) is 5.32. The van der Waals surface area contributed by atoms with Crippen molar-refractivity contribution in [3.05, 3.63) is 34.9 Å². The summed E-state index contributed by atoms with van der Waals surface area (Å²) in [4.78, 5) is 14.3. The van der Waals surface area contributed by atoms with Crippen LogP contribution >= 0.6 is 11.6 Å². The maximum atomic E-state index is 12.2. The Labute approximate surface area is 138 Å². The van der Waals surface area contributed by atoms with Crippen molar-refractivity contribution in [2.24, 2.45) is 11.8 Å². The molecule has 1 aliphatic heterocycles. The predicted octanol–water partition coefficient (Wildman–Crippen LogP) is 3.64. The Bertz CT molecular complexity index is 544. The van der Waals surface area contributed by atoms with Gasteiger partial charge >= 0.3 is 0 Å². The second-order valence-corrected chi connectivity index (χ2v) is 7.25. The van der Waals surface area contributed by atoms with Gasteiger partial charge in [0, 0.05) is 36.1 Å². The van der Waals surface area contributed by atoms with Gasteiger partial charge in [-0.25, -0.2) is 0 Å². The Kier molecular flexibility index (Phi) is 4.74. The van der Waals surface area contributed by atoms with Crippen molar-refractivity contribution in [3.63, 3.8) is 0 Å². The van der Waals surface area contributed by atoms with Crippen molar-refractivity contribution in [1.82, 2.24) is 10.2 Å². The normalized spacial score (nSPS) is 26.8. The van der Waals surface area contributed by atoms with E-state index in [1.54, 1.807) is 0 Å². The minimum absolute atomic E-state index is 0.229. The van der Waals surface area contributed by atoms with Crippen molar-refractivity contribution >= 4 is 17.5 Å². The molecule has 0 spiro atoms. The highest BCUT2D eigenvalue weighted by molar-refractivity contribution is 6.31. The van der Waals surface area contributed by atoms with Crippen LogP contribution in [-0.4, -0.2) is 29.9 Å². The van der Waals surface area contributed by atoms with Crippen molar-refractivity contribution in [1.29, 1.82) is 0 Å². The molecule has 1 amide bonds. The molecule has 0 aromatic heterocycles. The molecule has 1 N–H and O–H groups in total. The summed E-state index contributed by atoms with van der Waals surface area (Å²) in [5.41, 5.74) is 1.15. The van der Waals surface area contributed by atoms with E-state index in [1.807, 2.05) is 18.2 Å². The van der Waals surface area contributed by atoms with Crippen LogP contribution < -0.4 is 5.32 Å². The number of nitrogens with zero attached hydrogens (tertiary/aromatic N) is 1. The molecular weight excluding hydrogens is 296 g/mol. The van der Waals surface area contributed by atoms with Gasteiger partial charge in [0.1, 0.15) is 0 Å². The molecule has 2 fully saturated rings. The van der Waals surface area contributed by atoms with Crippen LogP contribution in [0.15, 0.2) is 24.3 Å². The number of piperidine rings is 1. The van der Waals surface area contributed by atoms with Gasteiger partial charge in [-0.05, 0) is 43.7 Å². The predicted molar refractivity (Wildman–Crippen MR) is 89.9 cm³/mol. The summed E-state index contributed by atoms with van der Waals surface area (Å²) >= 11 is 6.29. The molecule has 0 bridgehead atoms. The molecular formula is C18H25ClN2O. The van der Waals surface area contributed by atoms with Crippen molar-refractivity contribution < 1.29 is 4.79 Å². The summed E-state index contributed by atoms with van der Waals surface area (Å²) < 4.78 is 0. The van der Waals surface area contributed by atoms with Gasteiger partial charge < -0.3 is 10.2 Å². The van der Waals surface area contributed by atoms with Gasteiger partial charge in [-0.2, -0.15) is 0 Å². The number of hydrogen-bond acceptors (Lipinski definition) is 2. The number of carbonyl (C=O) groups excluding carboxylic acids is 1. The first-order valence-corrected chi connectivity index (χ1v) is 8.73. The molecule has 1 aliphatic carbocycles. The number of nitrogens with one attached hydrogen (secondary N) is 1. The first kappa shape index (κ1) is 15.8. The lowest BCUT2D eigenvalue weighted by Gasteiger charge is -2.39. The van der Waals surface area contributed by atoms with Crippen LogP contribution in [0.3, 0.4) is 0 Å². The molecule has 0 radical (unpaired) electrons. The van der Waals surface area contributed by atoms with E-state index in [1.165, 1.54) is 0 Å². The van der Waals surface area contributed by atoms with Crippen LogP contribution in [0.1, 0.15) is 44.7 Å². The molecule has 2 aliphatic rings. The number of hydrogen-bond donors (Lipinski definition) is 1.